The maximum Gasteiger partial charge on any atom is 0.252 e. The maximum atomic E-state index is 12.5. The molecule has 1 aliphatic carbocycles. The van der Waals surface area contributed by atoms with Crippen LogP contribution in [0.3, 0.4) is 0 Å². The first-order chi connectivity index (χ1) is 8.48. The van der Waals surface area contributed by atoms with Crippen molar-refractivity contribution < 1.29 is 8.42 Å². The molecule has 2 N–H and O–H groups in total. The summed E-state index contributed by atoms with van der Waals surface area (Å²) < 4.78 is 27.1. The molecule has 0 bridgehead atoms. The van der Waals surface area contributed by atoms with E-state index in [2.05, 4.69) is 0 Å². The van der Waals surface area contributed by atoms with E-state index < -0.39 is 10.0 Å². The number of nitrogens with zero attached hydrogens (tertiary/aromatic N) is 1. The van der Waals surface area contributed by atoms with Crippen molar-refractivity contribution in [3.63, 3.8) is 0 Å². The Bertz CT molecular complexity index is 558. The summed E-state index contributed by atoms with van der Waals surface area (Å²) in [6.07, 6.45) is 2.11. The van der Waals surface area contributed by atoms with E-state index >= 15 is 0 Å². The van der Waals surface area contributed by atoms with Crippen LogP contribution in [-0.2, 0) is 10.0 Å². The van der Waals surface area contributed by atoms with Gasteiger partial charge >= 0.3 is 0 Å². The highest BCUT2D eigenvalue weighted by atomic mass is 35.5. The van der Waals surface area contributed by atoms with Gasteiger partial charge < -0.3 is 5.73 Å². The Balaban J connectivity index is 0.00000133. The molecule has 1 saturated carbocycles. The van der Waals surface area contributed by atoms with Gasteiger partial charge in [-0.3, -0.25) is 0 Å². The Morgan fingerprint density at radius 3 is 2.63 bits per heavy atom. The molecule has 0 aromatic carbocycles. The van der Waals surface area contributed by atoms with Crippen molar-refractivity contribution in [2.75, 3.05) is 13.1 Å². The normalized spacial score (nSPS) is 31.2. The predicted molar refractivity (Wildman–Crippen MR) is 79.3 cm³/mol. The van der Waals surface area contributed by atoms with Crippen LogP contribution in [0.2, 0.25) is 0 Å². The molecule has 108 valence electrons. The van der Waals surface area contributed by atoms with Crippen molar-refractivity contribution in [3.8, 4) is 0 Å². The smallest absolute Gasteiger partial charge is 0.252 e. The molecule has 0 spiro atoms. The van der Waals surface area contributed by atoms with Gasteiger partial charge in [-0.15, -0.1) is 23.7 Å². The second-order valence-electron chi connectivity index (χ2n) is 5.35. The van der Waals surface area contributed by atoms with Crippen LogP contribution in [0.1, 0.15) is 17.7 Å². The molecule has 1 aromatic rings. The molecule has 19 heavy (non-hydrogen) atoms. The molecule has 3 unspecified atom stereocenters. The summed E-state index contributed by atoms with van der Waals surface area (Å²) in [6, 6.07) is 3.75. The molecular weight excluding hydrogens is 304 g/mol. The molecule has 3 rings (SSSR count). The largest absolute Gasteiger partial charge is 0.327 e. The van der Waals surface area contributed by atoms with E-state index in [1.807, 2.05) is 13.0 Å². The topological polar surface area (TPSA) is 63.4 Å². The van der Waals surface area contributed by atoms with Gasteiger partial charge in [0.1, 0.15) is 4.21 Å². The van der Waals surface area contributed by atoms with Crippen LogP contribution in [0.4, 0.5) is 0 Å². The number of sulfonamides is 1. The molecular formula is C12H19ClN2O2S2. The lowest BCUT2D eigenvalue weighted by Gasteiger charge is -2.17. The number of thiophene rings is 1. The lowest BCUT2D eigenvalue weighted by atomic mass is 9.98. The Morgan fingerprint density at radius 2 is 2.05 bits per heavy atom. The summed E-state index contributed by atoms with van der Waals surface area (Å²) in [4.78, 5) is 1.03. The lowest BCUT2D eigenvalue weighted by Crippen LogP contribution is -2.33. The highest BCUT2D eigenvalue weighted by molar-refractivity contribution is 7.91. The van der Waals surface area contributed by atoms with Gasteiger partial charge in [-0.1, -0.05) is 0 Å². The van der Waals surface area contributed by atoms with Crippen molar-refractivity contribution in [2.45, 2.75) is 30.0 Å². The predicted octanol–water partition coefficient (Wildman–Crippen LogP) is 1.84. The van der Waals surface area contributed by atoms with E-state index in [-0.39, 0.29) is 18.4 Å². The third-order valence-corrected chi connectivity index (χ3v) is 7.49. The number of rotatable bonds is 2. The van der Waals surface area contributed by atoms with Crippen LogP contribution >= 0.6 is 23.7 Å². The number of hydrogen-bond donors (Lipinski definition) is 1. The zero-order valence-corrected chi connectivity index (χ0v) is 13.2. The van der Waals surface area contributed by atoms with Crippen molar-refractivity contribution >= 4 is 33.8 Å². The summed E-state index contributed by atoms with van der Waals surface area (Å²) in [5.41, 5.74) is 6.05. The number of halogens is 1. The van der Waals surface area contributed by atoms with Crippen LogP contribution in [0.25, 0.3) is 0 Å². The van der Waals surface area contributed by atoms with E-state index in [1.165, 1.54) is 11.3 Å². The second kappa shape index (κ2) is 5.33. The fourth-order valence-electron chi connectivity index (χ4n) is 3.14. The third kappa shape index (κ3) is 2.56. The minimum Gasteiger partial charge on any atom is -0.327 e. The van der Waals surface area contributed by atoms with E-state index in [1.54, 1.807) is 10.4 Å². The van der Waals surface area contributed by atoms with Crippen molar-refractivity contribution in [2.24, 2.45) is 17.6 Å². The van der Waals surface area contributed by atoms with Crippen LogP contribution in [-0.4, -0.2) is 31.9 Å². The molecule has 2 heterocycles. The van der Waals surface area contributed by atoms with Crippen molar-refractivity contribution in [1.29, 1.82) is 0 Å². The van der Waals surface area contributed by atoms with Gasteiger partial charge in [-0.2, -0.15) is 4.31 Å². The summed E-state index contributed by atoms with van der Waals surface area (Å²) in [5, 5.41) is 0. The van der Waals surface area contributed by atoms with Crippen LogP contribution in [0.15, 0.2) is 16.3 Å². The quantitative estimate of drug-likeness (QED) is 0.903. The molecule has 4 nitrogen and oxygen atoms in total. The van der Waals surface area contributed by atoms with E-state index in [0.717, 1.165) is 17.7 Å². The van der Waals surface area contributed by atoms with Gasteiger partial charge in [0.15, 0.2) is 0 Å². The summed E-state index contributed by atoms with van der Waals surface area (Å²) in [6.45, 7) is 3.18. The zero-order chi connectivity index (χ0) is 12.9. The molecule has 2 aliphatic rings. The fourth-order valence-corrected chi connectivity index (χ4v) is 6.11. The molecule has 7 heteroatoms. The molecule has 0 amide bonds. The number of nitrogens with two attached hydrogens (primary N) is 1. The molecule has 1 aliphatic heterocycles. The first-order valence-electron chi connectivity index (χ1n) is 6.30. The van der Waals surface area contributed by atoms with Crippen molar-refractivity contribution in [3.05, 3.63) is 17.0 Å². The highest BCUT2D eigenvalue weighted by Crippen LogP contribution is 2.39. The monoisotopic (exact) mass is 322 g/mol. The SMILES string of the molecule is Cc1ccc(S(=O)(=O)N2CC3CCC(N)C3C2)s1.Cl. The maximum absolute atomic E-state index is 12.5. The second-order valence-corrected chi connectivity index (χ2v) is 8.80. The molecule has 1 saturated heterocycles. The van der Waals surface area contributed by atoms with E-state index in [0.29, 0.717) is 29.1 Å². The van der Waals surface area contributed by atoms with Crippen LogP contribution < -0.4 is 5.73 Å². The van der Waals surface area contributed by atoms with Crippen LogP contribution in [0.5, 0.6) is 0 Å². The Hall–Kier alpha value is -0.140. The van der Waals surface area contributed by atoms with Gasteiger partial charge in [-0.05, 0) is 43.7 Å². The molecule has 3 atom stereocenters. The fraction of sp³-hybridized carbons (Fsp3) is 0.667. The van der Waals surface area contributed by atoms with Gasteiger partial charge in [0.05, 0.1) is 0 Å². The Morgan fingerprint density at radius 1 is 1.32 bits per heavy atom. The highest BCUT2D eigenvalue weighted by Gasteiger charge is 2.45. The summed E-state index contributed by atoms with van der Waals surface area (Å²) in [5.74, 6) is 0.830. The van der Waals surface area contributed by atoms with Gasteiger partial charge in [-0.25, -0.2) is 8.42 Å². The van der Waals surface area contributed by atoms with Gasteiger partial charge in [0.2, 0.25) is 0 Å². The van der Waals surface area contributed by atoms with Crippen LogP contribution in [0, 0.1) is 18.8 Å². The summed E-state index contributed by atoms with van der Waals surface area (Å²) >= 11 is 1.35. The number of hydrogen-bond acceptors (Lipinski definition) is 4. The number of aryl methyl sites for hydroxylation is 1. The average Bonchev–Trinajstić information content (AvgIpc) is 2.96. The lowest BCUT2D eigenvalue weighted by molar-refractivity contribution is 0.428. The van der Waals surface area contributed by atoms with Gasteiger partial charge in [0, 0.05) is 24.0 Å². The number of fused-ring (bicyclic) bond motifs is 1. The average molecular weight is 323 g/mol. The minimum atomic E-state index is -3.29. The first-order valence-corrected chi connectivity index (χ1v) is 8.56. The Labute approximate surface area is 124 Å². The standard InChI is InChI=1S/C12H18N2O2S2.ClH/c1-8-2-5-12(17-8)18(15,16)14-6-9-3-4-11(13)10(9)7-14;/h2,5,9-11H,3-4,6-7,13H2,1H3;1H. The third-order valence-electron chi connectivity index (χ3n) is 4.19. The molecule has 0 radical (unpaired) electrons. The van der Waals surface area contributed by atoms with E-state index in [9.17, 15) is 8.42 Å². The summed E-state index contributed by atoms with van der Waals surface area (Å²) in [7, 11) is -3.29. The Kier molecular flexibility index (Phi) is 4.28. The molecule has 1 aromatic heterocycles. The van der Waals surface area contributed by atoms with Crippen molar-refractivity contribution in [1.82, 2.24) is 4.31 Å². The van der Waals surface area contributed by atoms with E-state index in [4.69, 9.17) is 5.73 Å². The minimum absolute atomic E-state index is 0. The zero-order valence-electron chi connectivity index (χ0n) is 10.8. The van der Waals surface area contributed by atoms with Gasteiger partial charge in [0.25, 0.3) is 10.0 Å². The molecule has 2 fully saturated rings. The first kappa shape index (κ1) is 15.3.